The molecule has 1 rings (SSSR count). The molecule has 0 heterocycles. The third-order valence-electron chi connectivity index (χ3n) is 3.57. The quantitative estimate of drug-likeness (QED) is 0.329. The lowest BCUT2D eigenvalue weighted by Crippen LogP contribution is -2.27. The molecule has 1 aromatic rings. The van der Waals surface area contributed by atoms with Crippen LogP contribution in [0.2, 0.25) is 0 Å². The Balaban J connectivity index is 2.54. The standard InChI is InChI=1S/C19H25F3N4O2/c1-13(24-12-23-3)7-5-6-8-14(2)25-18(27)26-15-9-10-16(19(20,21)22)17(11-15)28-4/h6,8-13H,2,5,7H2,1,3-4H3,(H,23,24)(H2,25,26,27)/b8-6-. The highest BCUT2D eigenvalue weighted by molar-refractivity contribution is 5.90. The zero-order chi connectivity index (χ0) is 21.2. The molecule has 0 bridgehead atoms. The molecular formula is C19H25F3N4O2. The summed E-state index contributed by atoms with van der Waals surface area (Å²) in [6.45, 7) is 5.70. The van der Waals surface area contributed by atoms with E-state index in [0.29, 0.717) is 5.70 Å². The average Bonchev–Trinajstić information content (AvgIpc) is 2.62. The molecule has 0 fully saturated rings. The number of nitrogens with one attached hydrogen (secondary N) is 3. The molecule has 0 radical (unpaired) electrons. The predicted octanol–water partition coefficient (Wildman–Crippen LogP) is 4.32. The van der Waals surface area contributed by atoms with Gasteiger partial charge in [-0.1, -0.05) is 12.7 Å². The first kappa shape index (κ1) is 23.1. The number of nitrogens with zero attached hydrogens (tertiary/aromatic N) is 1. The normalized spacial score (nSPS) is 12.8. The number of allylic oxidation sites excluding steroid dienone is 2. The molecule has 1 atom stereocenters. The van der Waals surface area contributed by atoms with Crippen molar-refractivity contribution in [3.8, 4) is 5.75 Å². The van der Waals surface area contributed by atoms with E-state index in [2.05, 4.69) is 27.5 Å². The Morgan fingerprint density at radius 1 is 1.39 bits per heavy atom. The van der Waals surface area contributed by atoms with Gasteiger partial charge in [0.1, 0.15) is 5.75 Å². The van der Waals surface area contributed by atoms with Crippen LogP contribution in [0.15, 0.2) is 47.6 Å². The summed E-state index contributed by atoms with van der Waals surface area (Å²) in [4.78, 5) is 16.2. The Morgan fingerprint density at radius 2 is 2.11 bits per heavy atom. The van der Waals surface area contributed by atoms with Crippen molar-refractivity contribution < 1.29 is 22.7 Å². The highest BCUT2D eigenvalue weighted by Gasteiger charge is 2.34. The third kappa shape index (κ3) is 8.15. The van der Waals surface area contributed by atoms with Crippen molar-refractivity contribution in [3.63, 3.8) is 0 Å². The van der Waals surface area contributed by atoms with Crippen LogP contribution in [0.3, 0.4) is 0 Å². The lowest BCUT2D eigenvalue weighted by Gasteiger charge is -2.14. The number of anilines is 1. The van der Waals surface area contributed by atoms with Crippen LogP contribution >= 0.6 is 0 Å². The maximum atomic E-state index is 12.9. The summed E-state index contributed by atoms with van der Waals surface area (Å²) in [6.07, 6.45) is 2.19. The minimum atomic E-state index is -4.54. The summed E-state index contributed by atoms with van der Waals surface area (Å²) in [5, 5.41) is 7.76. The SMILES string of the molecule is C=C(/C=C\CCC(C)/N=C\NC)NC(=O)Nc1ccc(C(F)(F)F)c(OC)c1. The summed E-state index contributed by atoms with van der Waals surface area (Å²) in [5.41, 5.74) is -0.403. The molecule has 9 heteroatoms. The number of halogens is 3. The van der Waals surface area contributed by atoms with Gasteiger partial charge in [0, 0.05) is 30.5 Å². The van der Waals surface area contributed by atoms with Crippen molar-refractivity contribution in [2.75, 3.05) is 19.5 Å². The van der Waals surface area contributed by atoms with Gasteiger partial charge in [0.05, 0.1) is 19.0 Å². The van der Waals surface area contributed by atoms with Gasteiger partial charge in [-0.2, -0.15) is 13.2 Å². The molecule has 2 amide bonds. The molecule has 6 nitrogen and oxygen atoms in total. The van der Waals surface area contributed by atoms with E-state index in [0.717, 1.165) is 38.2 Å². The number of carbonyl (C=O) groups excluding carboxylic acids is 1. The van der Waals surface area contributed by atoms with E-state index < -0.39 is 17.8 Å². The second-order valence-corrected chi connectivity index (χ2v) is 5.91. The smallest absolute Gasteiger partial charge is 0.419 e. The first-order valence-electron chi connectivity index (χ1n) is 8.55. The molecule has 0 spiro atoms. The topological polar surface area (TPSA) is 74.8 Å². The van der Waals surface area contributed by atoms with Crippen LogP contribution in [0.25, 0.3) is 0 Å². The number of benzene rings is 1. The van der Waals surface area contributed by atoms with Crippen molar-refractivity contribution in [1.82, 2.24) is 10.6 Å². The number of amides is 2. The molecule has 28 heavy (non-hydrogen) atoms. The van der Waals surface area contributed by atoms with Crippen molar-refractivity contribution in [1.29, 1.82) is 0 Å². The minimum absolute atomic E-state index is 0.162. The zero-order valence-corrected chi connectivity index (χ0v) is 16.1. The molecular weight excluding hydrogens is 373 g/mol. The zero-order valence-electron chi connectivity index (χ0n) is 16.1. The van der Waals surface area contributed by atoms with E-state index in [4.69, 9.17) is 4.74 Å². The summed E-state index contributed by atoms with van der Waals surface area (Å²) in [7, 11) is 2.91. The molecule has 0 aromatic heterocycles. The number of ether oxygens (including phenoxy) is 1. The van der Waals surface area contributed by atoms with Gasteiger partial charge in [-0.25, -0.2) is 4.79 Å². The summed E-state index contributed by atoms with van der Waals surface area (Å²) in [5.74, 6) is -0.376. The van der Waals surface area contributed by atoms with Crippen LogP contribution in [-0.4, -0.2) is 32.6 Å². The molecule has 0 aliphatic carbocycles. The number of carbonyl (C=O) groups is 1. The lowest BCUT2D eigenvalue weighted by molar-refractivity contribution is -0.138. The predicted molar refractivity (Wildman–Crippen MR) is 105 cm³/mol. The van der Waals surface area contributed by atoms with Gasteiger partial charge in [0.2, 0.25) is 0 Å². The fourth-order valence-corrected chi connectivity index (χ4v) is 2.19. The minimum Gasteiger partial charge on any atom is -0.496 e. The van der Waals surface area contributed by atoms with Crippen LogP contribution in [0.1, 0.15) is 25.3 Å². The first-order valence-corrected chi connectivity index (χ1v) is 8.55. The Labute approximate surface area is 162 Å². The number of rotatable bonds is 9. The van der Waals surface area contributed by atoms with Crippen LogP contribution in [0.5, 0.6) is 5.75 Å². The maximum absolute atomic E-state index is 12.9. The Bertz CT molecular complexity index is 730. The van der Waals surface area contributed by atoms with E-state index >= 15 is 0 Å². The Kier molecular flexibility index (Phi) is 9.07. The van der Waals surface area contributed by atoms with Gasteiger partial charge in [0.15, 0.2) is 0 Å². The average molecular weight is 398 g/mol. The van der Waals surface area contributed by atoms with Gasteiger partial charge in [-0.05, 0) is 38.0 Å². The Morgan fingerprint density at radius 3 is 2.71 bits per heavy atom. The summed E-state index contributed by atoms with van der Waals surface area (Å²) < 4.78 is 43.3. The lowest BCUT2D eigenvalue weighted by atomic mass is 10.1. The molecule has 0 saturated carbocycles. The maximum Gasteiger partial charge on any atom is 0.419 e. The fourth-order valence-electron chi connectivity index (χ4n) is 2.19. The van der Waals surface area contributed by atoms with Gasteiger partial charge >= 0.3 is 12.2 Å². The van der Waals surface area contributed by atoms with Crippen LogP contribution in [0, 0.1) is 0 Å². The van der Waals surface area contributed by atoms with Crippen molar-refractivity contribution >= 4 is 18.1 Å². The molecule has 1 aromatic carbocycles. The first-order chi connectivity index (χ1) is 13.2. The van der Waals surface area contributed by atoms with Crippen LogP contribution < -0.4 is 20.7 Å². The highest BCUT2D eigenvalue weighted by Crippen LogP contribution is 2.37. The van der Waals surface area contributed by atoms with E-state index in [1.54, 1.807) is 19.5 Å². The van der Waals surface area contributed by atoms with E-state index in [9.17, 15) is 18.0 Å². The van der Waals surface area contributed by atoms with Gasteiger partial charge in [-0.3, -0.25) is 4.99 Å². The monoisotopic (exact) mass is 398 g/mol. The number of aliphatic imine (C=N–C) groups is 1. The molecule has 3 N–H and O–H groups in total. The third-order valence-corrected chi connectivity index (χ3v) is 3.57. The van der Waals surface area contributed by atoms with Crippen molar-refractivity contribution in [3.05, 3.63) is 48.2 Å². The van der Waals surface area contributed by atoms with Gasteiger partial charge < -0.3 is 20.7 Å². The number of methoxy groups -OCH3 is 1. The number of alkyl halides is 3. The number of hydrogen-bond donors (Lipinski definition) is 3. The second-order valence-electron chi connectivity index (χ2n) is 5.91. The highest BCUT2D eigenvalue weighted by atomic mass is 19.4. The molecule has 0 aliphatic heterocycles. The molecule has 0 aliphatic rings. The van der Waals surface area contributed by atoms with Gasteiger partial charge in [0.25, 0.3) is 0 Å². The van der Waals surface area contributed by atoms with E-state index in [1.165, 1.54) is 0 Å². The number of urea groups is 1. The van der Waals surface area contributed by atoms with Crippen LogP contribution in [0.4, 0.5) is 23.7 Å². The van der Waals surface area contributed by atoms with Crippen LogP contribution in [-0.2, 0) is 6.18 Å². The number of hydrogen-bond acceptors (Lipinski definition) is 3. The summed E-state index contributed by atoms with van der Waals surface area (Å²) in [6, 6.07) is 2.64. The Hall–Kier alpha value is -2.97. The van der Waals surface area contributed by atoms with Gasteiger partial charge in [-0.15, -0.1) is 0 Å². The van der Waals surface area contributed by atoms with Crippen molar-refractivity contribution in [2.45, 2.75) is 32.0 Å². The van der Waals surface area contributed by atoms with E-state index in [-0.39, 0.29) is 17.5 Å². The molecule has 0 saturated heterocycles. The van der Waals surface area contributed by atoms with Crippen molar-refractivity contribution in [2.24, 2.45) is 4.99 Å². The molecule has 1 unspecified atom stereocenters. The molecule has 154 valence electrons. The second kappa shape index (κ2) is 11.0. The largest absolute Gasteiger partial charge is 0.496 e. The fraction of sp³-hybridized carbons (Fsp3) is 0.368. The summed E-state index contributed by atoms with van der Waals surface area (Å²) >= 11 is 0. The van der Waals surface area contributed by atoms with E-state index in [1.807, 2.05) is 13.0 Å².